The summed E-state index contributed by atoms with van der Waals surface area (Å²) in [4.78, 5) is 63.3. The number of rotatable bonds is 8. The molecule has 202 valence electrons. The minimum atomic E-state index is -0.919. The lowest BCUT2D eigenvalue weighted by Gasteiger charge is -2.27. The Hall–Kier alpha value is -3.69. The summed E-state index contributed by atoms with van der Waals surface area (Å²) in [6.45, 7) is 6.79. The fourth-order valence-electron chi connectivity index (χ4n) is 3.82. The molecule has 0 aromatic heterocycles. The number of hydrogen-bond donors (Lipinski definition) is 4. The van der Waals surface area contributed by atoms with Gasteiger partial charge >= 0.3 is 5.97 Å². The highest BCUT2D eigenvalue weighted by molar-refractivity contribution is 5.95. The van der Waals surface area contributed by atoms with E-state index in [1.165, 1.54) is 13.8 Å². The van der Waals surface area contributed by atoms with Crippen LogP contribution in [0.25, 0.3) is 0 Å². The molecule has 0 aliphatic carbocycles. The summed E-state index contributed by atoms with van der Waals surface area (Å²) in [7, 11) is 0. The molecular formula is C27H38N4O6. The molecule has 1 aliphatic heterocycles. The average Bonchev–Trinajstić information content (AvgIpc) is 2.87. The highest BCUT2D eigenvalue weighted by atomic mass is 16.5. The van der Waals surface area contributed by atoms with Crippen LogP contribution < -0.4 is 21.3 Å². The average molecular weight is 515 g/mol. The maximum atomic E-state index is 13.4. The second kappa shape index (κ2) is 14.8. The monoisotopic (exact) mass is 514 g/mol. The van der Waals surface area contributed by atoms with Gasteiger partial charge in [-0.1, -0.05) is 49.4 Å². The van der Waals surface area contributed by atoms with E-state index >= 15 is 0 Å². The lowest BCUT2D eigenvalue weighted by molar-refractivity contribution is -0.143. The Balaban J connectivity index is 2.27. The van der Waals surface area contributed by atoms with Crippen molar-refractivity contribution in [2.45, 2.75) is 77.5 Å². The van der Waals surface area contributed by atoms with Crippen LogP contribution in [0.5, 0.6) is 0 Å². The molecule has 0 saturated carbocycles. The Labute approximate surface area is 218 Å². The first-order valence-electron chi connectivity index (χ1n) is 12.7. The van der Waals surface area contributed by atoms with E-state index in [1.807, 2.05) is 30.3 Å². The van der Waals surface area contributed by atoms with Gasteiger partial charge < -0.3 is 26.0 Å². The fourth-order valence-corrected chi connectivity index (χ4v) is 3.82. The number of ether oxygens (including phenoxy) is 1. The molecule has 0 bridgehead atoms. The molecule has 10 nitrogen and oxygen atoms in total. The highest BCUT2D eigenvalue weighted by Crippen LogP contribution is 2.12. The number of esters is 1. The van der Waals surface area contributed by atoms with Crippen molar-refractivity contribution in [2.75, 3.05) is 6.61 Å². The van der Waals surface area contributed by atoms with Crippen molar-refractivity contribution in [1.82, 2.24) is 21.3 Å². The zero-order chi connectivity index (χ0) is 27.4. The molecule has 1 saturated heterocycles. The molecule has 2 rings (SSSR count). The van der Waals surface area contributed by atoms with E-state index in [0.29, 0.717) is 19.4 Å². The number of carbonyl (C=O) groups excluding carboxylic acids is 5. The van der Waals surface area contributed by atoms with Crippen molar-refractivity contribution in [3.05, 3.63) is 48.0 Å². The summed E-state index contributed by atoms with van der Waals surface area (Å²) in [5.74, 6) is -2.83. The third-order valence-electron chi connectivity index (χ3n) is 6.14. The van der Waals surface area contributed by atoms with Crippen LogP contribution in [0.3, 0.4) is 0 Å². The molecule has 4 N–H and O–H groups in total. The van der Waals surface area contributed by atoms with Gasteiger partial charge in [0, 0.05) is 18.9 Å². The Bertz CT molecular complexity index is 980. The van der Waals surface area contributed by atoms with Gasteiger partial charge in [-0.3, -0.25) is 24.0 Å². The first kappa shape index (κ1) is 29.5. The molecule has 1 fully saturated rings. The van der Waals surface area contributed by atoms with Crippen LogP contribution in [0.4, 0.5) is 0 Å². The molecule has 5 atom stereocenters. The number of nitrogens with one attached hydrogen (secondary N) is 4. The van der Waals surface area contributed by atoms with Gasteiger partial charge in [-0.25, -0.2) is 0 Å². The fraction of sp³-hybridized carbons (Fsp3) is 0.519. The summed E-state index contributed by atoms with van der Waals surface area (Å²) in [6.07, 6.45) is 4.84. The van der Waals surface area contributed by atoms with Crippen LogP contribution in [0, 0.1) is 5.92 Å². The molecule has 1 aliphatic rings. The van der Waals surface area contributed by atoms with Crippen LogP contribution in [0.2, 0.25) is 0 Å². The summed E-state index contributed by atoms with van der Waals surface area (Å²) >= 11 is 0. The zero-order valence-electron chi connectivity index (χ0n) is 21.9. The maximum Gasteiger partial charge on any atom is 0.306 e. The van der Waals surface area contributed by atoms with Crippen molar-refractivity contribution in [2.24, 2.45) is 5.92 Å². The molecule has 0 spiro atoms. The van der Waals surface area contributed by atoms with E-state index in [2.05, 4.69) is 21.3 Å². The lowest BCUT2D eigenvalue weighted by Crippen LogP contribution is -2.55. The standard InChI is InChI=1S/C27H38N4O6/c1-5-37-23(32)15-11-7-10-14-21-17(2)24(33)28-18(3)25(34)29-19(4)26(35)31-22(27(36)30-21)16-20-12-8-6-9-13-20/h6-10,12-13,17-19,21-22H,5,11,14-16H2,1-4H3,(H,28,33)(H,29,34)(H,30,36)(H,31,35)/b10-7-/t17-,18+,19+,21+,22+/m0/s1. The van der Waals surface area contributed by atoms with Gasteiger partial charge in [0.2, 0.25) is 23.6 Å². The molecule has 0 radical (unpaired) electrons. The minimum absolute atomic E-state index is 0.230. The van der Waals surface area contributed by atoms with Crippen molar-refractivity contribution in [3.63, 3.8) is 0 Å². The lowest BCUT2D eigenvalue weighted by atomic mass is 9.96. The van der Waals surface area contributed by atoms with Crippen molar-refractivity contribution in [1.29, 1.82) is 0 Å². The molecule has 4 amide bonds. The van der Waals surface area contributed by atoms with Crippen molar-refractivity contribution in [3.8, 4) is 0 Å². The molecular weight excluding hydrogens is 476 g/mol. The van der Waals surface area contributed by atoms with Gasteiger partial charge in [0.15, 0.2) is 0 Å². The van der Waals surface area contributed by atoms with Gasteiger partial charge in [0.1, 0.15) is 18.1 Å². The summed E-state index contributed by atoms with van der Waals surface area (Å²) in [5, 5.41) is 10.9. The second-order valence-corrected chi connectivity index (χ2v) is 9.17. The number of hydrogen-bond acceptors (Lipinski definition) is 6. The molecule has 37 heavy (non-hydrogen) atoms. The van der Waals surface area contributed by atoms with E-state index in [4.69, 9.17) is 4.74 Å². The predicted octanol–water partition coefficient (Wildman–Crippen LogP) is 1.15. The Morgan fingerprint density at radius 1 is 0.838 bits per heavy atom. The maximum absolute atomic E-state index is 13.4. The van der Waals surface area contributed by atoms with E-state index < -0.39 is 53.7 Å². The number of benzene rings is 1. The third kappa shape index (κ3) is 9.70. The first-order valence-corrected chi connectivity index (χ1v) is 12.7. The van der Waals surface area contributed by atoms with Gasteiger partial charge in [-0.05, 0) is 39.2 Å². The smallest absolute Gasteiger partial charge is 0.306 e. The van der Waals surface area contributed by atoms with Crippen LogP contribution in [0.1, 0.15) is 52.5 Å². The van der Waals surface area contributed by atoms with Gasteiger partial charge in [0.25, 0.3) is 0 Å². The Morgan fingerprint density at radius 2 is 1.46 bits per heavy atom. The summed E-state index contributed by atoms with van der Waals surface area (Å²) in [5.41, 5.74) is 0.846. The van der Waals surface area contributed by atoms with Gasteiger partial charge in [0.05, 0.1) is 12.5 Å². The second-order valence-electron chi connectivity index (χ2n) is 9.17. The highest BCUT2D eigenvalue weighted by Gasteiger charge is 2.32. The molecule has 1 aromatic carbocycles. The van der Waals surface area contributed by atoms with Crippen LogP contribution in [-0.4, -0.2) is 60.4 Å². The summed E-state index contributed by atoms with van der Waals surface area (Å²) < 4.78 is 4.92. The topological polar surface area (TPSA) is 143 Å². The molecule has 1 aromatic rings. The third-order valence-corrected chi connectivity index (χ3v) is 6.14. The van der Waals surface area contributed by atoms with Crippen LogP contribution in [0.15, 0.2) is 42.5 Å². The Morgan fingerprint density at radius 3 is 2.11 bits per heavy atom. The molecule has 1 heterocycles. The van der Waals surface area contributed by atoms with E-state index in [0.717, 1.165) is 5.56 Å². The van der Waals surface area contributed by atoms with E-state index in [9.17, 15) is 24.0 Å². The van der Waals surface area contributed by atoms with Gasteiger partial charge in [-0.15, -0.1) is 0 Å². The van der Waals surface area contributed by atoms with Crippen LogP contribution >= 0.6 is 0 Å². The number of carbonyl (C=O) groups is 5. The number of amides is 4. The van der Waals surface area contributed by atoms with Crippen molar-refractivity contribution < 1.29 is 28.7 Å². The normalized spacial score (nSPS) is 25.6. The molecule has 10 heteroatoms. The largest absolute Gasteiger partial charge is 0.466 e. The van der Waals surface area contributed by atoms with E-state index in [1.54, 1.807) is 26.0 Å². The quantitative estimate of drug-likeness (QED) is 0.303. The SMILES string of the molecule is CCOC(=O)CC/C=C\C[C@H]1NC(=O)[C@@H](Cc2ccccc2)NC(=O)[C@@H](C)NC(=O)[C@@H](C)NC(=O)[C@H]1C. The number of allylic oxidation sites excluding steroid dienone is 1. The van der Waals surface area contributed by atoms with Crippen molar-refractivity contribution >= 4 is 29.6 Å². The Kier molecular flexibility index (Phi) is 11.8. The van der Waals surface area contributed by atoms with Crippen LogP contribution in [-0.2, 0) is 35.1 Å². The van der Waals surface area contributed by atoms with Gasteiger partial charge in [-0.2, -0.15) is 0 Å². The predicted molar refractivity (Wildman–Crippen MR) is 138 cm³/mol. The summed E-state index contributed by atoms with van der Waals surface area (Å²) in [6, 6.07) is 5.94. The molecule has 0 unspecified atom stereocenters. The zero-order valence-corrected chi connectivity index (χ0v) is 21.9. The first-order chi connectivity index (χ1) is 17.6. The minimum Gasteiger partial charge on any atom is -0.466 e. The van der Waals surface area contributed by atoms with E-state index in [-0.39, 0.29) is 18.8 Å².